The molecule has 164 valence electrons. The van der Waals surface area contributed by atoms with Crippen LogP contribution < -0.4 is 5.43 Å². The summed E-state index contributed by atoms with van der Waals surface area (Å²) in [6, 6.07) is 23.1. The molecule has 0 bridgehead atoms. The number of para-hydroxylation sites is 3. The normalized spacial score (nSPS) is 11.4. The van der Waals surface area contributed by atoms with Crippen molar-refractivity contribution in [3.05, 3.63) is 105 Å². The van der Waals surface area contributed by atoms with E-state index in [0.717, 1.165) is 11.2 Å². The van der Waals surface area contributed by atoms with Crippen LogP contribution in [0.15, 0.2) is 83.7 Å². The van der Waals surface area contributed by atoms with Crippen molar-refractivity contribution in [1.29, 1.82) is 0 Å². The van der Waals surface area contributed by atoms with Gasteiger partial charge in [0.1, 0.15) is 16.9 Å². The Morgan fingerprint density at radius 2 is 1.65 bits per heavy atom. The van der Waals surface area contributed by atoms with E-state index in [0.29, 0.717) is 39.3 Å². The van der Waals surface area contributed by atoms with Crippen LogP contribution in [0.1, 0.15) is 5.69 Å². The van der Waals surface area contributed by atoms with Gasteiger partial charge in [0.05, 0.1) is 21.6 Å². The number of imidazole rings is 1. The van der Waals surface area contributed by atoms with Crippen molar-refractivity contribution in [2.75, 3.05) is 0 Å². The Hall–Kier alpha value is -4.92. The lowest BCUT2D eigenvalue weighted by molar-refractivity contribution is -0.384. The topological polar surface area (TPSA) is 108 Å². The number of hydrogen-bond acceptors (Lipinski definition) is 6. The van der Waals surface area contributed by atoms with Gasteiger partial charge in [-0.05, 0) is 31.2 Å². The van der Waals surface area contributed by atoms with E-state index in [9.17, 15) is 14.9 Å². The maximum absolute atomic E-state index is 13.3. The summed E-state index contributed by atoms with van der Waals surface area (Å²) in [4.78, 5) is 34.0. The smallest absolute Gasteiger partial charge is 0.270 e. The molecule has 0 saturated carbocycles. The molecule has 9 nitrogen and oxygen atoms in total. The van der Waals surface area contributed by atoms with E-state index in [1.165, 1.54) is 12.1 Å². The van der Waals surface area contributed by atoms with Gasteiger partial charge >= 0.3 is 0 Å². The third kappa shape index (κ3) is 2.87. The second kappa shape index (κ2) is 7.31. The Bertz CT molecular complexity index is 1820. The highest BCUT2D eigenvalue weighted by molar-refractivity contribution is 5.97. The number of fused-ring (bicyclic) bond motifs is 5. The van der Waals surface area contributed by atoms with Crippen molar-refractivity contribution in [3.8, 4) is 17.1 Å². The van der Waals surface area contributed by atoms with E-state index in [-0.39, 0.29) is 11.1 Å². The number of nitro benzene ring substituents is 1. The van der Waals surface area contributed by atoms with E-state index in [4.69, 9.17) is 9.97 Å². The minimum absolute atomic E-state index is 0.0561. The zero-order valence-electron chi connectivity index (χ0n) is 17.9. The molecular weight excluding hydrogens is 432 g/mol. The molecule has 3 aromatic carbocycles. The van der Waals surface area contributed by atoms with Crippen molar-refractivity contribution in [3.63, 3.8) is 0 Å². The first kappa shape index (κ1) is 19.7. The highest BCUT2D eigenvalue weighted by Gasteiger charge is 2.22. The monoisotopic (exact) mass is 448 g/mol. The van der Waals surface area contributed by atoms with Gasteiger partial charge in [0.25, 0.3) is 5.69 Å². The Morgan fingerprint density at radius 1 is 0.882 bits per heavy atom. The van der Waals surface area contributed by atoms with Crippen LogP contribution in [0.2, 0.25) is 0 Å². The summed E-state index contributed by atoms with van der Waals surface area (Å²) >= 11 is 0. The predicted molar refractivity (Wildman–Crippen MR) is 128 cm³/mol. The SMILES string of the molecule is Cc1nn(-c2ccccc2)c2nc(-c3cccc([N+](=O)[O-])c3)n3c4ccccc4nc3c2c1=O. The molecule has 6 aromatic rings. The molecule has 0 amide bonds. The van der Waals surface area contributed by atoms with Crippen molar-refractivity contribution >= 4 is 33.4 Å². The van der Waals surface area contributed by atoms with E-state index < -0.39 is 4.92 Å². The van der Waals surface area contributed by atoms with Crippen LogP contribution in [-0.4, -0.2) is 29.1 Å². The van der Waals surface area contributed by atoms with Gasteiger partial charge in [-0.15, -0.1) is 0 Å². The zero-order chi connectivity index (χ0) is 23.4. The minimum atomic E-state index is -0.446. The largest absolute Gasteiger partial charge is 0.287 e. The van der Waals surface area contributed by atoms with Gasteiger partial charge in [0.2, 0.25) is 5.43 Å². The number of hydrogen-bond donors (Lipinski definition) is 0. The fourth-order valence-corrected chi connectivity index (χ4v) is 4.20. The van der Waals surface area contributed by atoms with E-state index in [1.54, 1.807) is 28.1 Å². The van der Waals surface area contributed by atoms with Gasteiger partial charge in [-0.2, -0.15) is 5.10 Å². The number of rotatable bonds is 3. The molecule has 0 atom stereocenters. The number of benzene rings is 3. The molecule has 3 aromatic heterocycles. The highest BCUT2D eigenvalue weighted by Crippen LogP contribution is 2.30. The van der Waals surface area contributed by atoms with E-state index >= 15 is 0 Å². The molecule has 34 heavy (non-hydrogen) atoms. The molecular formula is C25H16N6O3. The first-order valence-corrected chi connectivity index (χ1v) is 10.5. The van der Waals surface area contributed by atoms with Gasteiger partial charge in [-0.1, -0.05) is 42.5 Å². The second-order valence-electron chi connectivity index (χ2n) is 7.86. The van der Waals surface area contributed by atoms with Gasteiger partial charge < -0.3 is 0 Å². The lowest BCUT2D eigenvalue weighted by Crippen LogP contribution is -2.18. The van der Waals surface area contributed by atoms with Crippen LogP contribution in [0, 0.1) is 17.0 Å². The maximum atomic E-state index is 13.3. The van der Waals surface area contributed by atoms with Crippen molar-refractivity contribution in [2.45, 2.75) is 6.92 Å². The molecule has 9 heteroatoms. The molecule has 0 unspecified atom stereocenters. The maximum Gasteiger partial charge on any atom is 0.270 e. The van der Waals surface area contributed by atoms with Gasteiger partial charge in [-0.25, -0.2) is 14.6 Å². The molecule has 0 aliphatic rings. The summed E-state index contributed by atoms with van der Waals surface area (Å²) in [7, 11) is 0. The van der Waals surface area contributed by atoms with E-state index in [1.807, 2.05) is 54.6 Å². The number of nitro groups is 1. The first-order chi connectivity index (χ1) is 16.5. The lowest BCUT2D eigenvalue weighted by atomic mass is 10.1. The molecule has 6 rings (SSSR count). The van der Waals surface area contributed by atoms with E-state index in [2.05, 4.69) is 5.10 Å². The van der Waals surface area contributed by atoms with Gasteiger partial charge in [-0.3, -0.25) is 19.3 Å². The lowest BCUT2D eigenvalue weighted by Gasteiger charge is -2.13. The van der Waals surface area contributed by atoms with Crippen molar-refractivity contribution in [2.24, 2.45) is 0 Å². The third-order valence-corrected chi connectivity index (χ3v) is 5.75. The van der Waals surface area contributed by atoms with Crippen molar-refractivity contribution in [1.82, 2.24) is 24.1 Å². The fourth-order valence-electron chi connectivity index (χ4n) is 4.20. The number of aryl methyl sites for hydroxylation is 1. The number of nitrogens with zero attached hydrogens (tertiary/aromatic N) is 6. The summed E-state index contributed by atoms with van der Waals surface area (Å²) in [5, 5.41) is 16.3. The van der Waals surface area contributed by atoms with Crippen LogP contribution in [0.3, 0.4) is 0 Å². The summed E-state index contributed by atoms with van der Waals surface area (Å²) in [5.41, 5.74) is 3.43. The summed E-state index contributed by atoms with van der Waals surface area (Å²) < 4.78 is 3.40. The Kier molecular flexibility index (Phi) is 4.24. The fraction of sp³-hybridized carbons (Fsp3) is 0.0400. The Morgan fingerprint density at radius 3 is 2.44 bits per heavy atom. The Balaban J connectivity index is 1.85. The standard InChI is InChI=1S/C25H16N6O3/c1-15-22(32)21-24-26-19-12-5-6-13-20(19)29(24)23(16-8-7-11-18(14-16)31(33)34)27-25(21)30(28-15)17-9-3-2-4-10-17/h2-14H,1H3. The van der Waals surface area contributed by atoms with Gasteiger partial charge in [0, 0.05) is 17.7 Å². The summed E-state index contributed by atoms with van der Waals surface area (Å²) in [6.45, 7) is 1.66. The molecule has 0 N–H and O–H groups in total. The van der Waals surface area contributed by atoms with Crippen molar-refractivity contribution < 1.29 is 4.92 Å². The molecule has 0 fully saturated rings. The average Bonchev–Trinajstić information content (AvgIpc) is 3.25. The number of non-ortho nitro benzene ring substituents is 1. The molecule has 0 saturated heterocycles. The van der Waals surface area contributed by atoms with Crippen LogP contribution in [-0.2, 0) is 0 Å². The Labute approximate surface area is 191 Å². The highest BCUT2D eigenvalue weighted by atomic mass is 16.6. The third-order valence-electron chi connectivity index (χ3n) is 5.75. The van der Waals surface area contributed by atoms with Crippen LogP contribution in [0.25, 0.3) is 44.8 Å². The summed E-state index contributed by atoms with van der Waals surface area (Å²) in [6.07, 6.45) is 0. The molecule has 0 aliphatic carbocycles. The van der Waals surface area contributed by atoms with Crippen LogP contribution in [0.4, 0.5) is 5.69 Å². The van der Waals surface area contributed by atoms with Crippen LogP contribution >= 0.6 is 0 Å². The minimum Gasteiger partial charge on any atom is -0.287 e. The zero-order valence-corrected chi connectivity index (χ0v) is 17.9. The molecule has 0 radical (unpaired) electrons. The van der Waals surface area contributed by atoms with Crippen LogP contribution in [0.5, 0.6) is 0 Å². The number of aromatic nitrogens is 5. The summed E-state index contributed by atoms with van der Waals surface area (Å²) in [5.74, 6) is 0.426. The van der Waals surface area contributed by atoms with Gasteiger partial charge in [0.15, 0.2) is 11.3 Å². The first-order valence-electron chi connectivity index (χ1n) is 10.5. The molecule has 3 heterocycles. The predicted octanol–water partition coefficient (Wildman–Crippen LogP) is 4.47. The average molecular weight is 448 g/mol. The second-order valence-corrected chi connectivity index (χ2v) is 7.86. The molecule has 0 spiro atoms. The quantitative estimate of drug-likeness (QED) is 0.292. The molecule has 0 aliphatic heterocycles.